The van der Waals surface area contributed by atoms with E-state index in [2.05, 4.69) is 81.8 Å². The predicted octanol–water partition coefficient (Wildman–Crippen LogP) is 5.71. The van der Waals surface area contributed by atoms with Crippen LogP contribution in [0, 0.1) is 13.8 Å². The van der Waals surface area contributed by atoms with Crippen molar-refractivity contribution in [2.24, 2.45) is 0 Å². The summed E-state index contributed by atoms with van der Waals surface area (Å²) in [7, 11) is 0. The molecule has 3 heterocycles. The summed E-state index contributed by atoms with van der Waals surface area (Å²) in [5.74, 6) is 1.68. The van der Waals surface area contributed by atoms with Gasteiger partial charge >= 0.3 is 0 Å². The standard InChI is InChI=1S/C26H23N5/c1-18-4-3-5-22(12-18)21-8-6-20(7-9-21)14-29-26-24-15-28-25(13-23(24)10-11-27-26)31-16-19(2)30-17-31/h3-13,15-17H,14H2,1-2H3,(H,27,29). The number of fused-ring (bicyclic) bond motifs is 1. The van der Waals surface area contributed by atoms with Crippen molar-refractivity contribution in [3.8, 4) is 16.9 Å². The van der Waals surface area contributed by atoms with Crippen molar-refractivity contribution in [1.29, 1.82) is 0 Å². The zero-order valence-corrected chi connectivity index (χ0v) is 17.6. The van der Waals surface area contributed by atoms with Gasteiger partial charge in [0.1, 0.15) is 18.0 Å². The van der Waals surface area contributed by atoms with Crippen LogP contribution < -0.4 is 5.32 Å². The minimum absolute atomic E-state index is 0.697. The first-order chi connectivity index (χ1) is 15.2. The fourth-order valence-electron chi connectivity index (χ4n) is 3.71. The molecule has 5 rings (SSSR count). The van der Waals surface area contributed by atoms with Crippen molar-refractivity contribution < 1.29 is 0 Å². The lowest BCUT2D eigenvalue weighted by molar-refractivity contribution is 0.998. The van der Waals surface area contributed by atoms with Crippen LogP contribution in [0.3, 0.4) is 0 Å². The Morgan fingerprint density at radius 1 is 0.871 bits per heavy atom. The van der Waals surface area contributed by atoms with Crippen LogP contribution in [0.1, 0.15) is 16.8 Å². The van der Waals surface area contributed by atoms with Crippen molar-refractivity contribution in [2.45, 2.75) is 20.4 Å². The Morgan fingerprint density at radius 2 is 1.74 bits per heavy atom. The molecule has 0 spiro atoms. The average Bonchev–Trinajstić information content (AvgIpc) is 3.24. The number of aryl methyl sites for hydroxylation is 2. The zero-order chi connectivity index (χ0) is 21.2. The van der Waals surface area contributed by atoms with E-state index >= 15 is 0 Å². The van der Waals surface area contributed by atoms with Crippen molar-refractivity contribution in [1.82, 2.24) is 19.5 Å². The monoisotopic (exact) mass is 405 g/mol. The average molecular weight is 406 g/mol. The summed E-state index contributed by atoms with van der Waals surface area (Å²) in [6, 6.07) is 21.3. The Bertz CT molecular complexity index is 1350. The Balaban J connectivity index is 1.34. The minimum atomic E-state index is 0.697. The molecule has 0 bridgehead atoms. The Labute approximate surface area is 181 Å². The molecule has 5 nitrogen and oxygen atoms in total. The van der Waals surface area contributed by atoms with Gasteiger partial charge in [-0.2, -0.15) is 0 Å². The molecule has 0 amide bonds. The van der Waals surface area contributed by atoms with E-state index in [-0.39, 0.29) is 0 Å². The van der Waals surface area contributed by atoms with E-state index in [0.717, 1.165) is 28.1 Å². The maximum Gasteiger partial charge on any atom is 0.138 e. The van der Waals surface area contributed by atoms with Crippen LogP contribution in [0.2, 0.25) is 0 Å². The van der Waals surface area contributed by atoms with E-state index in [4.69, 9.17) is 0 Å². The van der Waals surface area contributed by atoms with E-state index in [0.29, 0.717) is 6.54 Å². The van der Waals surface area contributed by atoms with Crippen molar-refractivity contribution in [2.75, 3.05) is 5.32 Å². The molecule has 0 saturated heterocycles. The highest BCUT2D eigenvalue weighted by molar-refractivity contribution is 5.91. The summed E-state index contributed by atoms with van der Waals surface area (Å²) in [5, 5.41) is 5.55. The van der Waals surface area contributed by atoms with E-state index < -0.39 is 0 Å². The fraction of sp³-hybridized carbons (Fsp3) is 0.115. The van der Waals surface area contributed by atoms with Gasteiger partial charge < -0.3 is 5.32 Å². The third-order valence-electron chi connectivity index (χ3n) is 5.38. The molecule has 31 heavy (non-hydrogen) atoms. The van der Waals surface area contributed by atoms with E-state index in [1.54, 1.807) is 6.33 Å². The second kappa shape index (κ2) is 8.03. The van der Waals surface area contributed by atoms with Gasteiger partial charge in [0.15, 0.2) is 0 Å². The highest BCUT2D eigenvalue weighted by Crippen LogP contribution is 2.24. The molecule has 0 saturated carbocycles. The molecule has 0 atom stereocenters. The predicted molar refractivity (Wildman–Crippen MR) is 125 cm³/mol. The maximum absolute atomic E-state index is 4.60. The quantitative estimate of drug-likeness (QED) is 0.407. The number of aromatic nitrogens is 4. The molecular formula is C26H23N5. The number of hydrogen-bond donors (Lipinski definition) is 1. The highest BCUT2D eigenvalue weighted by atomic mass is 15.1. The fourth-order valence-corrected chi connectivity index (χ4v) is 3.71. The SMILES string of the molecule is Cc1cccc(-c2ccc(CNc3nccc4cc(-n5cnc(C)c5)ncc34)cc2)c1. The number of pyridine rings is 2. The van der Waals surface area contributed by atoms with Gasteiger partial charge in [-0.25, -0.2) is 15.0 Å². The number of imidazole rings is 1. The topological polar surface area (TPSA) is 55.6 Å². The van der Waals surface area contributed by atoms with Crippen LogP contribution >= 0.6 is 0 Å². The number of benzene rings is 2. The van der Waals surface area contributed by atoms with Gasteiger partial charge in [0.2, 0.25) is 0 Å². The Hall–Kier alpha value is -3.99. The van der Waals surface area contributed by atoms with Gasteiger partial charge in [-0.15, -0.1) is 0 Å². The van der Waals surface area contributed by atoms with Gasteiger partial charge in [-0.1, -0.05) is 54.1 Å². The first-order valence-electron chi connectivity index (χ1n) is 10.3. The summed E-state index contributed by atoms with van der Waals surface area (Å²) in [6.07, 6.45) is 7.45. The maximum atomic E-state index is 4.60. The second-order valence-corrected chi connectivity index (χ2v) is 7.77. The first-order valence-corrected chi connectivity index (χ1v) is 10.3. The molecular weight excluding hydrogens is 382 g/mol. The number of anilines is 1. The van der Waals surface area contributed by atoms with Gasteiger partial charge in [0.05, 0.1) is 5.69 Å². The molecule has 2 aromatic carbocycles. The summed E-state index contributed by atoms with van der Waals surface area (Å²) >= 11 is 0. The van der Waals surface area contributed by atoms with E-state index in [1.165, 1.54) is 22.3 Å². The molecule has 0 aliphatic rings. The van der Waals surface area contributed by atoms with E-state index in [9.17, 15) is 0 Å². The van der Waals surface area contributed by atoms with Crippen molar-refractivity contribution in [3.05, 3.63) is 102 Å². The minimum Gasteiger partial charge on any atom is -0.365 e. The van der Waals surface area contributed by atoms with Crippen LogP contribution in [0.15, 0.2) is 85.6 Å². The van der Waals surface area contributed by atoms with Crippen LogP contribution in [0.5, 0.6) is 0 Å². The smallest absolute Gasteiger partial charge is 0.138 e. The highest BCUT2D eigenvalue weighted by Gasteiger charge is 2.07. The van der Waals surface area contributed by atoms with Crippen LogP contribution in [-0.2, 0) is 6.54 Å². The molecule has 1 N–H and O–H groups in total. The van der Waals surface area contributed by atoms with Crippen LogP contribution in [0.25, 0.3) is 27.7 Å². The Kier molecular flexibility index (Phi) is 4.92. The molecule has 0 radical (unpaired) electrons. The van der Waals surface area contributed by atoms with Crippen LogP contribution in [0.4, 0.5) is 5.82 Å². The second-order valence-electron chi connectivity index (χ2n) is 7.77. The molecule has 0 fully saturated rings. The third kappa shape index (κ3) is 4.03. The lowest BCUT2D eigenvalue weighted by Crippen LogP contribution is -2.02. The lowest BCUT2D eigenvalue weighted by Gasteiger charge is -2.10. The van der Waals surface area contributed by atoms with Crippen LogP contribution in [-0.4, -0.2) is 19.5 Å². The summed E-state index contributed by atoms with van der Waals surface area (Å²) in [4.78, 5) is 13.4. The molecule has 0 aliphatic carbocycles. The van der Waals surface area contributed by atoms with Gasteiger partial charge in [0.25, 0.3) is 0 Å². The largest absolute Gasteiger partial charge is 0.365 e. The number of rotatable bonds is 5. The molecule has 0 aliphatic heterocycles. The summed E-state index contributed by atoms with van der Waals surface area (Å²) in [6.45, 7) is 4.78. The third-order valence-corrected chi connectivity index (χ3v) is 5.38. The van der Waals surface area contributed by atoms with Gasteiger partial charge in [-0.3, -0.25) is 4.57 Å². The van der Waals surface area contributed by atoms with Crippen molar-refractivity contribution in [3.63, 3.8) is 0 Å². The number of hydrogen-bond acceptors (Lipinski definition) is 4. The Morgan fingerprint density at radius 3 is 2.52 bits per heavy atom. The number of nitrogens with zero attached hydrogens (tertiary/aromatic N) is 4. The first kappa shape index (κ1) is 19.0. The zero-order valence-electron chi connectivity index (χ0n) is 17.6. The molecule has 0 unspecified atom stereocenters. The normalized spacial score (nSPS) is 11.0. The van der Waals surface area contributed by atoms with Gasteiger partial charge in [-0.05, 0) is 48.1 Å². The molecule has 5 aromatic rings. The summed E-state index contributed by atoms with van der Waals surface area (Å²) < 4.78 is 1.93. The molecule has 5 heteroatoms. The summed E-state index contributed by atoms with van der Waals surface area (Å²) in [5.41, 5.74) is 5.90. The number of nitrogens with one attached hydrogen (secondary N) is 1. The van der Waals surface area contributed by atoms with Gasteiger partial charge in [0, 0.05) is 30.5 Å². The molecule has 152 valence electrons. The van der Waals surface area contributed by atoms with E-state index in [1.807, 2.05) is 36.1 Å². The van der Waals surface area contributed by atoms with Crippen molar-refractivity contribution >= 4 is 16.6 Å². The lowest BCUT2D eigenvalue weighted by atomic mass is 10.0. The molecule has 3 aromatic heterocycles.